The number of likely N-dealkylation sites (N-methyl/N-ethyl adjacent to an activating group) is 1. The van der Waals surface area contributed by atoms with Crippen LogP contribution in [0.5, 0.6) is 0 Å². The monoisotopic (exact) mass is 481 g/mol. The summed E-state index contributed by atoms with van der Waals surface area (Å²) >= 11 is 0. The van der Waals surface area contributed by atoms with Gasteiger partial charge >= 0.3 is 0 Å². The lowest BCUT2D eigenvalue weighted by atomic mass is 9.83. The number of nitrogens with zero attached hydrogens (tertiary/aromatic N) is 4. The number of anilines is 4. The Morgan fingerprint density at radius 1 is 1.17 bits per heavy atom. The summed E-state index contributed by atoms with van der Waals surface area (Å²) in [4.78, 5) is 26.3. The molecule has 0 atom stereocenters. The van der Waals surface area contributed by atoms with Gasteiger partial charge in [0.25, 0.3) is 5.91 Å². The van der Waals surface area contributed by atoms with E-state index >= 15 is 0 Å². The fourth-order valence-corrected chi connectivity index (χ4v) is 4.94. The molecule has 1 saturated heterocycles. The molecule has 1 aromatic heterocycles. The van der Waals surface area contributed by atoms with Crippen LogP contribution in [-0.4, -0.2) is 70.8 Å². The average molecular weight is 482 g/mol. The highest BCUT2D eigenvalue weighted by Gasteiger charge is 2.29. The van der Waals surface area contributed by atoms with Crippen LogP contribution in [0.2, 0.25) is 0 Å². The molecule has 0 spiro atoms. The Hall–Kier alpha value is -2.91. The van der Waals surface area contributed by atoms with Gasteiger partial charge in [-0.25, -0.2) is 9.97 Å². The summed E-state index contributed by atoms with van der Waals surface area (Å²) in [7, 11) is 2.15. The number of piperazine rings is 1. The van der Waals surface area contributed by atoms with Crippen LogP contribution in [0.25, 0.3) is 0 Å². The van der Waals surface area contributed by atoms with E-state index < -0.39 is 11.5 Å². The number of primary amides is 1. The first-order valence-corrected chi connectivity index (χ1v) is 12.7. The minimum atomic E-state index is -0.610. The first-order valence-electron chi connectivity index (χ1n) is 12.7. The molecule has 1 saturated carbocycles. The number of hydrogen-bond acceptors (Lipinski definition) is 8. The SMILES string of the molecule is CCc1nc(C(N)=O)c(Nc2ccc(N3CCN(C)CC3)c(C)c2)nc1N[C@H]1CC[C@](C)(O)CC1. The maximum atomic E-state index is 12.2. The minimum absolute atomic E-state index is 0.139. The van der Waals surface area contributed by atoms with Crippen LogP contribution in [0, 0.1) is 6.92 Å². The molecule has 0 radical (unpaired) electrons. The van der Waals surface area contributed by atoms with Crippen molar-refractivity contribution in [1.82, 2.24) is 14.9 Å². The molecule has 4 rings (SSSR count). The first-order chi connectivity index (χ1) is 16.6. The molecular weight excluding hydrogens is 442 g/mol. The normalized spacial score (nSPS) is 23.2. The molecular formula is C26H39N7O2. The van der Waals surface area contributed by atoms with Crippen LogP contribution in [0.1, 0.15) is 61.3 Å². The van der Waals surface area contributed by atoms with E-state index in [-0.39, 0.29) is 11.7 Å². The lowest BCUT2D eigenvalue weighted by Crippen LogP contribution is -2.44. The number of nitrogens with one attached hydrogen (secondary N) is 2. The summed E-state index contributed by atoms with van der Waals surface area (Å²) in [5, 5.41) is 17.1. The van der Waals surface area contributed by atoms with Crippen LogP contribution in [0.15, 0.2) is 18.2 Å². The molecule has 5 N–H and O–H groups in total. The van der Waals surface area contributed by atoms with E-state index in [1.54, 1.807) is 0 Å². The molecule has 9 heteroatoms. The molecule has 0 bridgehead atoms. The number of aliphatic hydroxyl groups is 1. The van der Waals surface area contributed by atoms with E-state index in [2.05, 4.69) is 51.5 Å². The molecule has 1 aliphatic heterocycles. The summed E-state index contributed by atoms with van der Waals surface area (Å²) in [6.07, 6.45) is 3.81. The topological polar surface area (TPSA) is 120 Å². The van der Waals surface area contributed by atoms with Gasteiger partial charge in [-0.3, -0.25) is 4.79 Å². The molecule has 1 aliphatic carbocycles. The number of carbonyl (C=O) groups excluding carboxylic acids is 1. The van der Waals surface area contributed by atoms with Crippen LogP contribution in [0.4, 0.5) is 23.0 Å². The third-order valence-electron chi connectivity index (χ3n) is 7.24. The molecule has 190 valence electrons. The third-order valence-corrected chi connectivity index (χ3v) is 7.24. The Bertz CT molecular complexity index is 1050. The van der Waals surface area contributed by atoms with Gasteiger partial charge in [-0.05, 0) is 76.8 Å². The Morgan fingerprint density at radius 2 is 1.86 bits per heavy atom. The second-order valence-corrected chi connectivity index (χ2v) is 10.3. The van der Waals surface area contributed by atoms with Crippen LogP contribution < -0.4 is 21.3 Å². The quantitative estimate of drug-likeness (QED) is 0.476. The molecule has 35 heavy (non-hydrogen) atoms. The summed E-state index contributed by atoms with van der Waals surface area (Å²) < 4.78 is 0. The number of nitrogens with two attached hydrogens (primary N) is 1. The maximum Gasteiger partial charge on any atom is 0.271 e. The summed E-state index contributed by atoms with van der Waals surface area (Å²) in [5.74, 6) is 0.407. The van der Waals surface area contributed by atoms with E-state index in [1.807, 2.05) is 19.9 Å². The van der Waals surface area contributed by atoms with Crippen molar-refractivity contribution in [2.24, 2.45) is 5.73 Å². The molecule has 1 amide bonds. The average Bonchev–Trinajstić information content (AvgIpc) is 2.81. The van der Waals surface area contributed by atoms with Gasteiger partial charge in [-0.1, -0.05) is 6.92 Å². The van der Waals surface area contributed by atoms with E-state index in [0.29, 0.717) is 23.8 Å². The standard InChI is InChI=1S/C26H39N7O2/c1-5-20-24(28-18-8-10-26(3,35)11-9-18)31-25(22(30-20)23(27)34)29-19-6-7-21(17(2)16-19)33-14-12-32(4)13-15-33/h6-7,16,18,35H,5,8-15H2,1-4H3,(H2,27,34)(H2,28,29,31)/t18-,26-. The van der Waals surface area contributed by atoms with Crippen molar-refractivity contribution in [3.8, 4) is 0 Å². The predicted octanol–water partition coefficient (Wildman–Crippen LogP) is 3.05. The number of benzene rings is 1. The van der Waals surface area contributed by atoms with Gasteiger partial charge in [0.2, 0.25) is 0 Å². The Labute approximate surface area is 208 Å². The summed E-state index contributed by atoms with van der Waals surface area (Å²) in [6, 6.07) is 6.40. The fourth-order valence-electron chi connectivity index (χ4n) is 4.94. The summed E-state index contributed by atoms with van der Waals surface area (Å²) in [6.45, 7) is 10.1. The summed E-state index contributed by atoms with van der Waals surface area (Å²) in [5.41, 5.74) is 9.14. The highest BCUT2D eigenvalue weighted by Crippen LogP contribution is 2.31. The Balaban J connectivity index is 1.57. The highest BCUT2D eigenvalue weighted by molar-refractivity contribution is 5.96. The predicted molar refractivity (Wildman–Crippen MR) is 141 cm³/mol. The van der Waals surface area contributed by atoms with Crippen LogP contribution in [0.3, 0.4) is 0 Å². The van der Waals surface area contributed by atoms with Gasteiger partial charge in [-0.2, -0.15) is 0 Å². The van der Waals surface area contributed by atoms with E-state index in [1.165, 1.54) is 5.69 Å². The molecule has 9 nitrogen and oxygen atoms in total. The van der Waals surface area contributed by atoms with Crippen molar-refractivity contribution in [3.63, 3.8) is 0 Å². The Kier molecular flexibility index (Phi) is 7.47. The molecule has 2 aliphatic rings. The van der Waals surface area contributed by atoms with Crippen molar-refractivity contribution in [1.29, 1.82) is 0 Å². The first kappa shape index (κ1) is 25.2. The van der Waals surface area contributed by atoms with Crippen LogP contribution in [-0.2, 0) is 6.42 Å². The number of aromatic nitrogens is 2. The van der Waals surface area contributed by atoms with Gasteiger partial charge in [-0.15, -0.1) is 0 Å². The van der Waals surface area contributed by atoms with Crippen molar-refractivity contribution in [2.45, 2.75) is 64.5 Å². The van der Waals surface area contributed by atoms with E-state index in [0.717, 1.165) is 63.1 Å². The largest absolute Gasteiger partial charge is 0.390 e. The van der Waals surface area contributed by atoms with Gasteiger partial charge in [0.1, 0.15) is 5.82 Å². The molecule has 2 aromatic rings. The van der Waals surface area contributed by atoms with Gasteiger partial charge in [0, 0.05) is 43.6 Å². The maximum absolute atomic E-state index is 12.2. The van der Waals surface area contributed by atoms with Crippen molar-refractivity contribution >= 4 is 28.9 Å². The van der Waals surface area contributed by atoms with Gasteiger partial charge < -0.3 is 31.3 Å². The molecule has 1 aromatic carbocycles. The number of aryl methyl sites for hydroxylation is 2. The molecule has 2 heterocycles. The molecule has 2 fully saturated rings. The van der Waals surface area contributed by atoms with Crippen molar-refractivity contribution in [2.75, 3.05) is 48.8 Å². The molecule has 0 unspecified atom stereocenters. The van der Waals surface area contributed by atoms with E-state index in [9.17, 15) is 9.90 Å². The number of amides is 1. The third kappa shape index (κ3) is 6.02. The van der Waals surface area contributed by atoms with Gasteiger partial charge in [0.05, 0.1) is 11.3 Å². The minimum Gasteiger partial charge on any atom is -0.390 e. The Morgan fingerprint density at radius 3 is 2.46 bits per heavy atom. The van der Waals surface area contributed by atoms with Crippen molar-refractivity contribution < 1.29 is 9.90 Å². The zero-order valence-corrected chi connectivity index (χ0v) is 21.4. The number of carbonyl (C=O) groups is 1. The lowest BCUT2D eigenvalue weighted by molar-refractivity contribution is 0.0196. The second-order valence-electron chi connectivity index (χ2n) is 10.3. The van der Waals surface area contributed by atoms with Gasteiger partial charge in [0.15, 0.2) is 11.5 Å². The fraction of sp³-hybridized carbons (Fsp3) is 0.577. The zero-order valence-electron chi connectivity index (χ0n) is 21.4. The highest BCUT2D eigenvalue weighted by atomic mass is 16.3. The van der Waals surface area contributed by atoms with Crippen molar-refractivity contribution in [3.05, 3.63) is 35.2 Å². The number of hydrogen-bond donors (Lipinski definition) is 4. The second kappa shape index (κ2) is 10.4. The zero-order chi connectivity index (χ0) is 25.2. The van der Waals surface area contributed by atoms with Crippen LogP contribution >= 0.6 is 0 Å². The number of rotatable bonds is 7. The van der Waals surface area contributed by atoms with E-state index in [4.69, 9.17) is 10.7 Å². The smallest absolute Gasteiger partial charge is 0.271 e. The lowest BCUT2D eigenvalue weighted by Gasteiger charge is -2.35.